The molecule has 2 aromatic rings. The molecule has 0 radical (unpaired) electrons. The van der Waals surface area contributed by atoms with Crippen molar-refractivity contribution in [3.05, 3.63) is 50.3 Å². The van der Waals surface area contributed by atoms with Crippen molar-refractivity contribution >= 4 is 50.1 Å². The molecule has 1 aromatic heterocycles. The van der Waals surface area contributed by atoms with Crippen LogP contribution in [0.15, 0.2) is 28.7 Å². The van der Waals surface area contributed by atoms with Crippen molar-refractivity contribution in [2.24, 2.45) is 0 Å². The number of nitrogens with one attached hydrogen (secondary N) is 2. The quantitative estimate of drug-likeness (QED) is 0.673. The monoisotopic (exact) mass is 438 g/mol. The second-order valence-electron chi connectivity index (χ2n) is 5.42. The fourth-order valence-electron chi connectivity index (χ4n) is 2.24. The number of aryl methyl sites for hydroxylation is 1. The molecule has 0 saturated heterocycles. The molecule has 0 unspecified atom stereocenters. The van der Waals surface area contributed by atoms with Crippen molar-refractivity contribution in [2.45, 2.75) is 20.8 Å². The van der Waals surface area contributed by atoms with Crippen LogP contribution < -0.4 is 10.6 Å². The van der Waals surface area contributed by atoms with Crippen LogP contribution in [0.25, 0.3) is 0 Å². The standard InChI is InChI=1S/C18H19BrN2O4S/c1-4-25-18(24)15-10(2)11(3)26-17(15)21-14(22)9-20-16(23)12-7-5-6-8-13(12)19/h5-8H,4,9H2,1-3H3,(H,20,23)(H,21,22). The summed E-state index contributed by atoms with van der Waals surface area (Å²) in [5.74, 6) is -1.25. The molecule has 0 saturated carbocycles. The van der Waals surface area contributed by atoms with E-state index < -0.39 is 11.9 Å². The zero-order valence-corrected chi connectivity index (χ0v) is 17.0. The van der Waals surface area contributed by atoms with Gasteiger partial charge in [-0.15, -0.1) is 11.3 Å². The molecular formula is C18H19BrN2O4S. The summed E-state index contributed by atoms with van der Waals surface area (Å²) in [5.41, 5.74) is 1.58. The lowest BCUT2D eigenvalue weighted by molar-refractivity contribution is -0.115. The highest BCUT2D eigenvalue weighted by Crippen LogP contribution is 2.32. The molecule has 2 rings (SSSR count). The normalized spacial score (nSPS) is 10.3. The van der Waals surface area contributed by atoms with Gasteiger partial charge in [0.05, 0.1) is 24.3 Å². The van der Waals surface area contributed by atoms with E-state index in [9.17, 15) is 14.4 Å². The van der Waals surface area contributed by atoms with Crippen molar-refractivity contribution in [1.29, 1.82) is 0 Å². The van der Waals surface area contributed by atoms with E-state index in [1.54, 1.807) is 31.2 Å². The lowest BCUT2D eigenvalue weighted by Gasteiger charge is -2.09. The van der Waals surface area contributed by atoms with Gasteiger partial charge in [-0.3, -0.25) is 9.59 Å². The number of halogens is 1. The summed E-state index contributed by atoms with van der Waals surface area (Å²) in [6.07, 6.45) is 0. The minimum Gasteiger partial charge on any atom is -0.462 e. The number of thiophene rings is 1. The number of carbonyl (C=O) groups is 3. The van der Waals surface area contributed by atoms with Gasteiger partial charge in [-0.05, 0) is 54.4 Å². The maximum Gasteiger partial charge on any atom is 0.341 e. The van der Waals surface area contributed by atoms with Crippen LogP contribution in [0.3, 0.4) is 0 Å². The van der Waals surface area contributed by atoms with Gasteiger partial charge in [0.2, 0.25) is 5.91 Å². The molecule has 2 N–H and O–H groups in total. The molecule has 138 valence electrons. The first kappa shape index (κ1) is 20.1. The van der Waals surface area contributed by atoms with Gasteiger partial charge in [0.15, 0.2) is 0 Å². The highest BCUT2D eigenvalue weighted by molar-refractivity contribution is 9.10. The maximum atomic E-state index is 12.2. The Morgan fingerprint density at radius 2 is 1.88 bits per heavy atom. The lowest BCUT2D eigenvalue weighted by atomic mass is 10.1. The van der Waals surface area contributed by atoms with Gasteiger partial charge in [0, 0.05) is 9.35 Å². The second kappa shape index (κ2) is 8.95. The van der Waals surface area contributed by atoms with Crippen LogP contribution in [0.1, 0.15) is 38.1 Å². The Hall–Kier alpha value is -2.19. The van der Waals surface area contributed by atoms with Gasteiger partial charge in [-0.2, -0.15) is 0 Å². The Kier molecular flexibility index (Phi) is 6.93. The predicted octanol–water partition coefficient (Wildman–Crippen LogP) is 3.67. The zero-order chi connectivity index (χ0) is 19.3. The molecule has 0 atom stereocenters. The van der Waals surface area contributed by atoms with Crippen LogP contribution in [-0.4, -0.2) is 30.9 Å². The fraction of sp³-hybridized carbons (Fsp3) is 0.278. The number of esters is 1. The first-order chi connectivity index (χ1) is 12.3. The third kappa shape index (κ3) is 4.70. The van der Waals surface area contributed by atoms with E-state index in [2.05, 4.69) is 26.6 Å². The molecule has 2 amide bonds. The molecule has 0 aliphatic carbocycles. The van der Waals surface area contributed by atoms with Crippen molar-refractivity contribution in [2.75, 3.05) is 18.5 Å². The van der Waals surface area contributed by atoms with Crippen molar-refractivity contribution in [1.82, 2.24) is 5.32 Å². The van der Waals surface area contributed by atoms with Gasteiger partial charge in [0.25, 0.3) is 5.91 Å². The molecule has 0 aliphatic rings. The number of rotatable bonds is 6. The number of ether oxygens (including phenoxy) is 1. The smallest absolute Gasteiger partial charge is 0.341 e. The first-order valence-electron chi connectivity index (χ1n) is 7.94. The molecular weight excluding hydrogens is 420 g/mol. The highest BCUT2D eigenvalue weighted by Gasteiger charge is 2.22. The Labute approximate surface area is 164 Å². The van der Waals surface area contributed by atoms with E-state index in [0.29, 0.717) is 20.6 Å². The van der Waals surface area contributed by atoms with E-state index in [1.165, 1.54) is 11.3 Å². The Morgan fingerprint density at radius 1 is 1.19 bits per heavy atom. The van der Waals surface area contributed by atoms with Gasteiger partial charge >= 0.3 is 5.97 Å². The highest BCUT2D eigenvalue weighted by atomic mass is 79.9. The molecule has 0 aliphatic heterocycles. The van der Waals surface area contributed by atoms with E-state index in [0.717, 1.165) is 10.4 Å². The van der Waals surface area contributed by atoms with Crippen molar-refractivity contribution in [3.8, 4) is 0 Å². The minimum absolute atomic E-state index is 0.210. The van der Waals surface area contributed by atoms with Crippen LogP contribution in [0.5, 0.6) is 0 Å². The second-order valence-corrected chi connectivity index (χ2v) is 7.50. The Morgan fingerprint density at radius 3 is 2.54 bits per heavy atom. The molecule has 1 heterocycles. The summed E-state index contributed by atoms with van der Waals surface area (Å²) in [7, 11) is 0. The largest absolute Gasteiger partial charge is 0.462 e. The minimum atomic E-state index is -0.470. The molecule has 0 bridgehead atoms. The van der Waals surface area contributed by atoms with E-state index >= 15 is 0 Å². The van der Waals surface area contributed by atoms with Crippen LogP contribution in [0, 0.1) is 13.8 Å². The van der Waals surface area contributed by atoms with Crippen LogP contribution >= 0.6 is 27.3 Å². The van der Waals surface area contributed by atoms with Crippen molar-refractivity contribution < 1.29 is 19.1 Å². The number of benzene rings is 1. The number of carbonyl (C=O) groups excluding carboxylic acids is 3. The molecule has 8 heteroatoms. The number of hydrogen-bond donors (Lipinski definition) is 2. The first-order valence-corrected chi connectivity index (χ1v) is 9.55. The molecule has 1 aromatic carbocycles. The van der Waals surface area contributed by atoms with Gasteiger partial charge in [-0.1, -0.05) is 12.1 Å². The summed E-state index contributed by atoms with van der Waals surface area (Å²) in [6.45, 7) is 5.44. The van der Waals surface area contributed by atoms with Crippen LogP contribution in [0.4, 0.5) is 5.00 Å². The molecule has 0 spiro atoms. The topological polar surface area (TPSA) is 84.5 Å². The van der Waals surface area contributed by atoms with Gasteiger partial charge in [0.1, 0.15) is 5.00 Å². The van der Waals surface area contributed by atoms with Crippen molar-refractivity contribution in [3.63, 3.8) is 0 Å². The predicted molar refractivity (Wildman–Crippen MR) is 105 cm³/mol. The third-order valence-electron chi connectivity index (χ3n) is 3.65. The van der Waals surface area contributed by atoms with Gasteiger partial charge < -0.3 is 15.4 Å². The Balaban J connectivity index is 2.04. The van der Waals surface area contributed by atoms with E-state index in [1.807, 2.05) is 13.8 Å². The van der Waals surface area contributed by atoms with Crippen LogP contribution in [0.2, 0.25) is 0 Å². The molecule has 0 fully saturated rings. The summed E-state index contributed by atoms with van der Waals surface area (Å²) in [4.78, 5) is 37.4. The zero-order valence-electron chi connectivity index (χ0n) is 14.6. The van der Waals surface area contributed by atoms with E-state index in [4.69, 9.17) is 4.74 Å². The maximum absolute atomic E-state index is 12.2. The van der Waals surface area contributed by atoms with E-state index in [-0.39, 0.29) is 19.1 Å². The summed E-state index contributed by atoms with van der Waals surface area (Å²) < 4.78 is 5.70. The van der Waals surface area contributed by atoms with Gasteiger partial charge in [-0.25, -0.2) is 4.79 Å². The number of hydrogen-bond acceptors (Lipinski definition) is 5. The third-order valence-corrected chi connectivity index (χ3v) is 5.46. The summed E-state index contributed by atoms with van der Waals surface area (Å²) >= 11 is 4.60. The lowest BCUT2D eigenvalue weighted by Crippen LogP contribution is -2.33. The number of amides is 2. The van der Waals surface area contributed by atoms with Crippen LogP contribution in [-0.2, 0) is 9.53 Å². The fourth-order valence-corrected chi connectivity index (χ4v) is 3.77. The molecule has 26 heavy (non-hydrogen) atoms. The summed E-state index contributed by atoms with van der Waals surface area (Å²) in [6, 6.07) is 6.94. The summed E-state index contributed by atoms with van der Waals surface area (Å²) in [5, 5.41) is 5.68. The number of anilines is 1. The SMILES string of the molecule is CCOC(=O)c1c(NC(=O)CNC(=O)c2ccccc2Br)sc(C)c1C. The molecule has 6 nitrogen and oxygen atoms in total. The Bertz CT molecular complexity index is 848. The average molecular weight is 439 g/mol. The average Bonchev–Trinajstić information content (AvgIpc) is 2.87.